The predicted molar refractivity (Wildman–Crippen MR) is 39.5 cm³/mol. The summed E-state index contributed by atoms with van der Waals surface area (Å²) in [6.45, 7) is 0. The van der Waals surface area contributed by atoms with Crippen molar-refractivity contribution in [1.29, 1.82) is 0 Å². The zero-order chi connectivity index (χ0) is 7.40. The molecule has 0 spiro atoms. The van der Waals surface area contributed by atoms with E-state index in [2.05, 4.69) is 4.98 Å². The summed E-state index contributed by atoms with van der Waals surface area (Å²) in [5.74, 6) is 0. The fourth-order valence-electron chi connectivity index (χ4n) is 0.584. The molecule has 1 rings (SSSR count). The maximum atomic E-state index is 9.96. The molecular weight excluding hydrogens is 148 g/mol. The van der Waals surface area contributed by atoms with Gasteiger partial charge in [-0.2, -0.15) is 0 Å². The van der Waals surface area contributed by atoms with Crippen molar-refractivity contribution in [1.82, 2.24) is 4.98 Å². The number of thiazole rings is 1. The van der Waals surface area contributed by atoms with Gasteiger partial charge in [0.2, 0.25) is 6.29 Å². The van der Waals surface area contributed by atoms with Crippen molar-refractivity contribution in [3.8, 4) is 0 Å². The Bertz CT molecular complexity index is 198. The van der Waals surface area contributed by atoms with Crippen molar-refractivity contribution in [3.63, 3.8) is 0 Å². The average Bonchev–Trinajstić information content (AvgIpc) is 2.40. The number of carbonyl (C=O) groups excluding carboxylic acids is 1. The number of hydrogen-bond acceptors (Lipinski definition) is 4. The second-order valence-electron chi connectivity index (χ2n) is 1.85. The Kier molecular flexibility index (Phi) is 2.53. The van der Waals surface area contributed by atoms with Gasteiger partial charge in [-0.15, -0.1) is 11.3 Å². The summed E-state index contributed by atoms with van der Waals surface area (Å²) in [4.78, 5) is 13.9. The van der Waals surface area contributed by atoms with Crippen LogP contribution in [0.15, 0.2) is 11.6 Å². The molecule has 0 fully saturated rings. The molecule has 0 aliphatic carbocycles. The summed E-state index contributed by atoms with van der Waals surface area (Å²) in [6.07, 6.45) is 3.89. The summed E-state index contributed by atoms with van der Waals surface area (Å²) >= 11 is 1.50. The molecule has 10 heavy (non-hydrogen) atoms. The van der Waals surface area contributed by atoms with Gasteiger partial charge in [0.25, 0.3) is 0 Å². The number of nitrogens with zero attached hydrogens (tertiary/aromatic N) is 1. The van der Waals surface area contributed by atoms with Crippen molar-refractivity contribution in [2.24, 2.45) is 5.73 Å². The van der Waals surface area contributed by atoms with Crippen LogP contribution in [0.5, 0.6) is 0 Å². The SMILES string of the molecule is N[C@H]([C]=O)Cc1nccs1. The fraction of sp³-hybridized carbons (Fsp3) is 0.333. The third kappa shape index (κ3) is 1.89. The second-order valence-corrected chi connectivity index (χ2v) is 2.83. The van der Waals surface area contributed by atoms with Gasteiger partial charge < -0.3 is 5.73 Å². The molecule has 1 radical (unpaired) electrons. The topological polar surface area (TPSA) is 56.0 Å². The predicted octanol–water partition coefficient (Wildman–Crippen LogP) is 0.123. The number of nitrogens with two attached hydrogens (primary N) is 1. The van der Waals surface area contributed by atoms with E-state index in [0.29, 0.717) is 6.42 Å². The van der Waals surface area contributed by atoms with Crippen LogP contribution in [0.2, 0.25) is 0 Å². The quantitative estimate of drug-likeness (QED) is 0.674. The maximum absolute atomic E-state index is 9.96. The highest BCUT2D eigenvalue weighted by Gasteiger charge is 2.03. The van der Waals surface area contributed by atoms with E-state index in [4.69, 9.17) is 5.73 Å². The van der Waals surface area contributed by atoms with Crippen LogP contribution in [0, 0.1) is 0 Å². The van der Waals surface area contributed by atoms with Crippen molar-refractivity contribution in [3.05, 3.63) is 16.6 Å². The summed E-state index contributed by atoms with van der Waals surface area (Å²) in [5.41, 5.74) is 5.31. The molecule has 0 unspecified atom stereocenters. The van der Waals surface area contributed by atoms with Crippen LogP contribution in [0.3, 0.4) is 0 Å². The maximum Gasteiger partial charge on any atom is 0.217 e. The van der Waals surface area contributed by atoms with Crippen molar-refractivity contribution < 1.29 is 4.79 Å². The first-order valence-corrected chi connectivity index (χ1v) is 3.72. The van der Waals surface area contributed by atoms with Crippen molar-refractivity contribution in [2.75, 3.05) is 0 Å². The lowest BCUT2D eigenvalue weighted by atomic mass is 10.2. The minimum Gasteiger partial charge on any atom is -0.321 e. The molecule has 0 aliphatic rings. The summed E-state index contributed by atoms with van der Waals surface area (Å²) in [6, 6.07) is -0.522. The molecule has 0 saturated heterocycles. The average molecular weight is 155 g/mol. The molecule has 1 aromatic heterocycles. The lowest BCUT2D eigenvalue weighted by molar-refractivity contribution is 0.540. The molecule has 1 heterocycles. The highest BCUT2D eigenvalue weighted by atomic mass is 32.1. The van der Waals surface area contributed by atoms with Crippen LogP contribution in [-0.2, 0) is 11.2 Å². The molecule has 2 N–H and O–H groups in total. The Morgan fingerprint density at radius 2 is 2.70 bits per heavy atom. The summed E-state index contributed by atoms with van der Waals surface area (Å²) < 4.78 is 0. The van der Waals surface area contributed by atoms with Gasteiger partial charge in [-0.05, 0) is 0 Å². The van der Waals surface area contributed by atoms with Crippen molar-refractivity contribution in [2.45, 2.75) is 12.5 Å². The molecular formula is C6H7N2OS. The molecule has 1 atom stereocenters. The summed E-state index contributed by atoms with van der Waals surface area (Å²) in [5, 5.41) is 2.74. The highest BCUT2D eigenvalue weighted by Crippen LogP contribution is 2.04. The Labute approximate surface area is 62.9 Å². The standard InChI is InChI=1S/C6H7N2OS/c7-5(4-9)3-6-8-1-2-10-6/h1-2,5H,3,7H2/t5-/m0/s1. The first-order valence-electron chi connectivity index (χ1n) is 2.84. The van der Waals surface area contributed by atoms with E-state index < -0.39 is 6.04 Å². The highest BCUT2D eigenvalue weighted by molar-refractivity contribution is 7.09. The zero-order valence-electron chi connectivity index (χ0n) is 5.28. The third-order valence-electron chi connectivity index (χ3n) is 1.03. The lowest BCUT2D eigenvalue weighted by Gasteiger charge is -1.95. The minimum absolute atomic E-state index is 0.501. The number of hydrogen-bond donors (Lipinski definition) is 1. The van der Waals surface area contributed by atoms with E-state index in [1.165, 1.54) is 11.3 Å². The zero-order valence-corrected chi connectivity index (χ0v) is 6.10. The first-order chi connectivity index (χ1) is 4.83. The number of rotatable bonds is 3. The van der Waals surface area contributed by atoms with Gasteiger partial charge in [0.1, 0.15) is 0 Å². The van der Waals surface area contributed by atoms with Gasteiger partial charge in [-0.1, -0.05) is 0 Å². The van der Waals surface area contributed by atoms with E-state index >= 15 is 0 Å². The minimum atomic E-state index is -0.522. The van der Waals surface area contributed by atoms with Gasteiger partial charge in [0, 0.05) is 18.0 Å². The molecule has 4 heteroatoms. The van der Waals surface area contributed by atoms with Crippen LogP contribution in [-0.4, -0.2) is 17.3 Å². The Morgan fingerprint density at radius 3 is 3.20 bits per heavy atom. The Balaban J connectivity index is 2.47. The van der Waals surface area contributed by atoms with Gasteiger partial charge in [-0.3, -0.25) is 4.79 Å². The van der Waals surface area contributed by atoms with Gasteiger partial charge >= 0.3 is 0 Å². The lowest BCUT2D eigenvalue weighted by Crippen LogP contribution is -2.23. The molecule has 0 bridgehead atoms. The van der Waals surface area contributed by atoms with E-state index in [0.717, 1.165) is 5.01 Å². The molecule has 3 nitrogen and oxygen atoms in total. The Hall–Kier alpha value is -0.740. The van der Waals surface area contributed by atoms with Crippen LogP contribution in [0.1, 0.15) is 5.01 Å². The molecule has 1 aromatic rings. The first kappa shape index (κ1) is 7.37. The van der Waals surface area contributed by atoms with Gasteiger partial charge in [0.15, 0.2) is 0 Å². The molecule has 0 aliphatic heterocycles. The molecule has 0 saturated carbocycles. The molecule has 0 aromatic carbocycles. The van der Waals surface area contributed by atoms with Gasteiger partial charge in [0.05, 0.1) is 11.0 Å². The monoisotopic (exact) mass is 155 g/mol. The van der Waals surface area contributed by atoms with Crippen LogP contribution in [0.25, 0.3) is 0 Å². The van der Waals surface area contributed by atoms with Gasteiger partial charge in [-0.25, -0.2) is 4.98 Å². The third-order valence-corrected chi connectivity index (χ3v) is 1.83. The summed E-state index contributed by atoms with van der Waals surface area (Å²) in [7, 11) is 0. The smallest absolute Gasteiger partial charge is 0.217 e. The number of aromatic nitrogens is 1. The van der Waals surface area contributed by atoms with Crippen LogP contribution >= 0.6 is 11.3 Å². The van der Waals surface area contributed by atoms with E-state index in [-0.39, 0.29) is 0 Å². The fourth-order valence-corrected chi connectivity index (χ4v) is 1.26. The largest absolute Gasteiger partial charge is 0.321 e. The second kappa shape index (κ2) is 3.43. The molecule has 53 valence electrons. The van der Waals surface area contributed by atoms with E-state index in [9.17, 15) is 4.79 Å². The van der Waals surface area contributed by atoms with E-state index in [1.807, 2.05) is 5.38 Å². The van der Waals surface area contributed by atoms with Crippen LogP contribution in [0.4, 0.5) is 0 Å². The Morgan fingerprint density at radius 1 is 1.90 bits per heavy atom. The normalized spacial score (nSPS) is 12.9. The van der Waals surface area contributed by atoms with Crippen LogP contribution < -0.4 is 5.73 Å². The van der Waals surface area contributed by atoms with Crippen molar-refractivity contribution >= 4 is 17.6 Å². The van der Waals surface area contributed by atoms with E-state index in [1.54, 1.807) is 12.5 Å². The molecule has 0 amide bonds.